The lowest BCUT2D eigenvalue weighted by molar-refractivity contribution is -0.136. The molecule has 10 heteroatoms. The summed E-state index contributed by atoms with van der Waals surface area (Å²) in [5.41, 5.74) is 3.20. The summed E-state index contributed by atoms with van der Waals surface area (Å²) in [5.74, 6) is 1.20. The highest BCUT2D eigenvalue weighted by atomic mass is 16.2. The summed E-state index contributed by atoms with van der Waals surface area (Å²) in [6, 6.07) is 7.87. The highest BCUT2D eigenvalue weighted by Gasteiger charge is 2.38. The summed E-state index contributed by atoms with van der Waals surface area (Å²) in [6.07, 6.45) is 4.82. The van der Waals surface area contributed by atoms with Crippen molar-refractivity contribution in [3.8, 4) is 5.82 Å². The molecule has 0 bridgehead atoms. The van der Waals surface area contributed by atoms with Gasteiger partial charge in [0, 0.05) is 50.9 Å². The van der Waals surface area contributed by atoms with E-state index < -0.39 is 0 Å². The number of hydrogen-bond donors (Lipinski definition) is 0. The third kappa shape index (κ3) is 4.15. The molecule has 10 nitrogen and oxygen atoms in total. The molecule has 0 unspecified atom stereocenters. The molecule has 4 heterocycles. The van der Waals surface area contributed by atoms with Crippen molar-refractivity contribution in [2.24, 2.45) is 5.92 Å². The van der Waals surface area contributed by atoms with Crippen LogP contribution in [0.25, 0.3) is 5.82 Å². The maximum absolute atomic E-state index is 13.2. The Morgan fingerprint density at radius 1 is 0.970 bits per heavy atom. The fourth-order valence-electron chi connectivity index (χ4n) is 4.39. The Morgan fingerprint density at radius 3 is 2.48 bits per heavy atom. The summed E-state index contributed by atoms with van der Waals surface area (Å²) in [5, 5.41) is 4.11. The van der Waals surface area contributed by atoms with Crippen molar-refractivity contribution in [2.45, 2.75) is 20.3 Å². The molecule has 2 fully saturated rings. The lowest BCUT2D eigenvalue weighted by atomic mass is 10.1. The first-order valence-corrected chi connectivity index (χ1v) is 11.1. The Bertz CT molecular complexity index is 1170. The first-order chi connectivity index (χ1) is 16.0. The molecule has 0 N–H and O–H groups in total. The topological polar surface area (TPSA) is 100 Å². The highest BCUT2D eigenvalue weighted by Crippen LogP contribution is 2.28. The second-order valence-electron chi connectivity index (χ2n) is 8.56. The zero-order valence-electron chi connectivity index (χ0n) is 18.8. The number of aromatic nitrogens is 5. The van der Waals surface area contributed by atoms with Crippen molar-refractivity contribution in [1.82, 2.24) is 29.6 Å². The number of benzene rings is 1. The van der Waals surface area contributed by atoms with E-state index in [9.17, 15) is 9.59 Å². The molecule has 2 saturated heterocycles. The molecule has 2 aromatic heterocycles. The van der Waals surface area contributed by atoms with Crippen LogP contribution in [0.5, 0.6) is 0 Å². The summed E-state index contributed by atoms with van der Waals surface area (Å²) in [4.78, 5) is 44.2. The largest absolute Gasteiger partial charge is 0.353 e. The van der Waals surface area contributed by atoms with Crippen molar-refractivity contribution in [3.05, 3.63) is 54.4 Å². The number of anilines is 2. The number of rotatable bonds is 4. The van der Waals surface area contributed by atoms with Crippen LogP contribution < -0.4 is 9.80 Å². The zero-order valence-corrected chi connectivity index (χ0v) is 18.8. The van der Waals surface area contributed by atoms with Gasteiger partial charge in [0.15, 0.2) is 5.82 Å². The maximum Gasteiger partial charge on any atom is 0.228 e. The van der Waals surface area contributed by atoms with Crippen molar-refractivity contribution < 1.29 is 9.59 Å². The second-order valence-corrected chi connectivity index (χ2v) is 8.56. The van der Waals surface area contributed by atoms with E-state index in [1.165, 1.54) is 18.2 Å². The number of carbonyl (C=O) groups excluding carboxylic acids is 2. The average molecular weight is 447 g/mol. The van der Waals surface area contributed by atoms with E-state index in [-0.39, 0.29) is 24.2 Å². The van der Waals surface area contributed by atoms with E-state index in [1.807, 2.05) is 43.0 Å². The number of nitrogens with zero attached hydrogens (tertiary/aromatic N) is 8. The van der Waals surface area contributed by atoms with Crippen LogP contribution in [0, 0.1) is 19.8 Å². The quantitative estimate of drug-likeness (QED) is 0.597. The van der Waals surface area contributed by atoms with Gasteiger partial charge >= 0.3 is 0 Å². The Morgan fingerprint density at radius 2 is 1.76 bits per heavy atom. The minimum absolute atomic E-state index is 0.0110. The van der Waals surface area contributed by atoms with E-state index >= 15 is 0 Å². The molecule has 1 aromatic carbocycles. The normalized spacial score (nSPS) is 18.8. The monoisotopic (exact) mass is 446 g/mol. The van der Waals surface area contributed by atoms with Crippen LogP contribution in [0.2, 0.25) is 0 Å². The maximum atomic E-state index is 13.2. The van der Waals surface area contributed by atoms with Gasteiger partial charge < -0.3 is 14.7 Å². The van der Waals surface area contributed by atoms with E-state index in [1.54, 1.807) is 15.9 Å². The second kappa shape index (κ2) is 8.61. The number of amides is 2. The van der Waals surface area contributed by atoms with Gasteiger partial charge in [-0.1, -0.05) is 6.07 Å². The summed E-state index contributed by atoms with van der Waals surface area (Å²) in [7, 11) is 0. The third-order valence-corrected chi connectivity index (χ3v) is 6.48. The molecular weight excluding hydrogens is 420 g/mol. The molecule has 0 aliphatic carbocycles. The summed E-state index contributed by atoms with van der Waals surface area (Å²) < 4.78 is 1.59. The van der Waals surface area contributed by atoms with Gasteiger partial charge in [-0.25, -0.2) is 19.6 Å². The molecular formula is C23H26N8O2. The minimum atomic E-state index is -0.302. The van der Waals surface area contributed by atoms with Gasteiger partial charge in [0.1, 0.15) is 24.8 Å². The molecule has 0 radical (unpaired) electrons. The Balaban J connectivity index is 1.21. The molecule has 2 aliphatic heterocycles. The Kier molecular flexibility index (Phi) is 5.49. The summed E-state index contributed by atoms with van der Waals surface area (Å²) >= 11 is 0. The van der Waals surface area contributed by atoms with Gasteiger partial charge in [-0.3, -0.25) is 9.59 Å². The van der Waals surface area contributed by atoms with Gasteiger partial charge in [-0.15, -0.1) is 0 Å². The predicted octanol–water partition coefficient (Wildman–Crippen LogP) is 1.38. The van der Waals surface area contributed by atoms with Gasteiger partial charge in [0.2, 0.25) is 11.8 Å². The lowest BCUT2D eigenvalue weighted by Gasteiger charge is -2.36. The molecule has 0 spiro atoms. The Labute approximate surface area is 191 Å². The van der Waals surface area contributed by atoms with E-state index in [2.05, 4.69) is 25.0 Å². The van der Waals surface area contributed by atoms with Gasteiger partial charge in [0.25, 0.3) is 0 Å². The van der Waals surface area contributed by atoms with E-state index in [0.717, 1.165) is 17.1 Å². The molecule has 170 valence electrons. The zero-order chi connectivity index (χ0) is 22.9. The van der Waals surface area contributed by atoms with Crippen molar-refractivity contribution in [3.63, 3.8) is 0 Å². The van der Waals surface area contributed by atoms with Crippen molar-refractivity contribution in [1.29, 1.82) is 0 Å². The highest BCUT2D eigenvalue weighted by molar-refractivity contribution is 6.00. The van der Waals surface area contributed by atoms with Crippen molar-refractivity contribution >= 4 is 23.3 Å². The van der Waals surface area contributed by atoms with Crippen LogP contribution in [-0.4, -0.2) is 74.2 Å². The van der Waals surface area contributed by atoms with Crippen LogP contribution in [0.15, 0.2) is 43.2 Å². The number of hydrogen-bond acceptors (Lipinski definition) is 7. The fourth-order valence-corrected chi connectivity index (χ4v) is 4.39. The van der Waals surface area contributed by atoms with Crippen molar-refractivity contribution in [2.75, 3.05) is 42.5 Å². The third-order valence-electron chi connectivity index (χ3n) is 6.48. The lowest BCUT2D eigenvalue weighted by Crippen LogP contribution is -2.51. The molecule has 33 heavy (non-hydrogen) atoms. The number of aryl methyl sites for hydroxylation is 2. The molecule has 2 aliphatic rings. The number of piperazine rings is 1. The smallest absolute Gasteiger partial charge is 0.228 e. The number of carbonyl (C=O) groups is 2. The van der Waals surface area contributed by atoms with Crippen LogP contribution >= 0.6 is 0 Å². The minimum Gasteiger partial charge on any atom is -0.353 e. The van der Waals surface area contributed by atoms with Crippen LogP contribution in [0.1, 0.15) is 17.5 Å². The van der Waals surface area contributed by atoms with E-state index in [4.69, 9.17) is 0 Å². The van der Waals surface area contributed by atoms with E-state index in [0.29, 0.717) is 38.5 Å². The fraction of sp³-hybridized carbons (Fsp3) is 0.391. The first kappa shape index (κ1) is 21.0. The molecule has 2 amide bonds. The van der Waals surface area contributed by atoms with Crippen LogP contribution in [0.3, 0.4) is 0 Å². The predicted molar refractivity (Wildman–Crippen MR) is 122 cm³/mol. The molecule has 1 atom stereocenters. The van der Waals surface area contributed by atoms with Gasteiger partial charge in [-0.05, 0) is 37.1 Å². The molecule has 0 saturated carbocycles. The first-order valence-electron chi connectivity index (χ1n) is 11.1. The van der Waals surface area contributed by atoms with Gasteiger partial charge in [0.05, 0.1) is 5.92 Å². The molecule has 5 rings (SSSR count). The standard InChI is InChI=1S/C23H26N8O2/c1-16-3-4-19(9-17(16)2)30-12-18(10-22(30)32)23(33)29-7-5-28(6-8-29)20-11-21(26-14-25-20)31-15-24-13-27-31/h3-4,9,11,13-15,18H,5-8,10,12H2,1-2H3/t18-/m1/s1. The summed E-state index contributed by atoms with van der Waals surface area (Å²) in [6.45, 7) is 7.04. The van der Waals surface area contributed by atoms with Crippen LogP contribution in [0.4, 0.5) is 11.5 Å². The molecule has 3 aromatic rings. The van der Waals surface area contributed by atoms with Crippen LogP contribution in [-0.2, 0) is 9.59 Å². The SMILES string of the molecule is Cc1ccc(N2C[C@H](C(=O)N3CCN(c4cc(-n5cncn5)ncn4)CC3)CC2=O)cc1C. The average Bonchev–Trinajstić information content (AvgIpc) is 3.51. The van der Waals surface area contributed by atoms with Gasteiger partial charge in [-0.2, -0.15) is 5.10 Å². The Hall–Kier alpha value is -3.82.